The molecule has 1 aliphatic rings. The van der Waals surface area contributed by atoms with E-state index in [1.807, 2.05) is 6.92 Å². The Morgan fingerprint density at radius 2 is 2.07 bits per heavy atom. The van der Waals surface area contributed by atoms with Gasteiger partial charge >= 0.3 is 0 Å². The Bertz CT molecular complexity index is 235. The van der Waals surface area contributed by atoms with Crippen LogP contribution in [0.1, 0.15) is 46.5 Å². The molecule has 1 saturated carbocycles. The van der Waals surface area contributed by atoms with Gasteiger partial charge in [0.1, 0.15) is 0 Å². The largest absolute Gasteiger partial charge is 0.249 e. The van der Waals surface area contributed by atoms with Gasteiger partial charge in [-0.25, -0.2) is 8.78 Å². The first kappa shape index (κ1) is 12.7. The van der Waals surface area contributed by atoms with Gasteiger partial charge in [-0.1, -0.05) is 33.3 Å². The maximum Gasteiger partial charge on any atom is 0.249 e. The molecule has 0 nitrogen and oxygen atoms in total. The van der Waals surface area contributed by atoms with Crippen molar-refractivity contribution < 1.29 is 8.78 Å². The lowest BCUT2D eigenvalue weighted by atomic mass is 9.62. The van der Waals surface area contributed by atoms with Gasteiger partial charge < -0.3 is 0 Å². The van der Waals surface area contributed by atoms with Gasteiger partial charge in [-0.15, -0.1) is 6.58 Å². The van der Waals surface area contributed by atoms with E-state index in [2.05, 4.69) is 20.4 Å². The van der Waals surface area contributed by atoms with E-state index >= 15 is 0 Å². The van der Waals surface area contributed by atoms with E-state index < -0.39 is 5.92 Å². The Balaban J connectivity index is 2.93. The van der Waals surface area contributed by atoms with Crippen LogP contribution in [-0.2, 0) is 0 Å². The highest BCUT2D eigenvalue weighted by Crippen LogP contribution is 2.52. The molecule has 15 heavy (non-hydrogen) atoms. The van der Waals surface area contributed by atoms with Crippen LogP contribution in [-0.4, -0.2) is 5.92 Å². The summed E-state index contributed by atoms with van der Waals surface area (Å²) in [5.41, 5.74) is -0.351. The molecule has 3 atom stereocenters. The first-order chi connectivity index (χ1) is 6.85. The smallest absolute Gasteiger partial charge is 0.207 e. The molecule has 0 spiro atoms. The van der Waals surface area contributed by atoms with Crippen molar-refractivity contribution in [2.45, 2.75) is 52.4 Å². The summed E-state index contributed by atoms with van der Waals surface area (Å²) in [7, 11) is 0. The van der Waals surface area contributed by atoms with Crippen molar-refractivity contribution in [3.63, 3.8) is 0 Å². The van der Waals surface area contributed by atoms with Crippen LogP contribution in [0.5, 0.6) is 0 Å². The highest BCUT2D eigenvalue weighted by molar-refractivity contribution is 5.04. The molecule has 0 aromatic rings. The van der Waals surface area contributed by atoms with E-state index in [0.29, 0.717) is 5.92 Å². The molecule has 0 aromatic heterocycles. The van der Waals surface area contributed by atoms with Crippen LogP contribution in [0.25, 0.3) is 0 Å². The maximum atomic E-state index is 13.6. The van der Waals surface area contributed by atoms with Crippen LogP contribution in [0, 0.1) is 17.3 Å². The summed E-state index contributed by atoms with van der Waals surface area (Å²) in [5.74, 6) is -2.11. The van der Waals surface area contributed by atoms with E-state index in [1.165, 1.54) is 0 Å². The lowest BCUT2D eigenvalue weighted by Crippen LogP contribution is -2.41. The lowest BCUT2D eigenvalue weighted by molar-refractivity contribution is -0.100. The number of halogens is 2. The monoisotopic (exact) mass is 216 g/mol. The fourth-order valence-corrected chi connectivity index (χ4v) is 3.00. The zero-order valence-corrected chi connectivity index (χ0v) is 10.0. The zero-order chi connectivity index (χ0) is 11.7. The molecule has 88 valence electrons. The van der Waals surface area contributed by atoms with Crippen LogP contribution in [0.2, 0.25) is 0 Å². The minimum atomic E-state index is -2.50. The third-order valence-corrected chi connectivity index (χ3v) is 3.96. The molecule has 0 amide bonds. The number of hydrogen-bond acceptors (Lipinski definition) is 0. The Morgan fingerprint density at radius 3 is 2.47 bits per heavy atom. The predicted molar refractivity (Wildman–Crippen MR) is 60.0 cm³/mol. The third-order valence-electron chi connectivity index (χ3n) is 3.96. The highest BCUT2D eigenvalue weighted by Gasteiger charge is 2.48. The fourth-order valence-electron chi connectivity index (χ4n) is 3.00. The van der Waals surface area contributed by atoms with Crippen LogP contribution >= 0.6 is 0 Å². The first-order valence-electron chi connectivity index (χ1n) is 5.86. The Hall–Kier alpha value is -0.400. The molecule has 0 aromatic carbocycles. The predicted octanol–water partition coefficient (Wildman–Crippen LogP) is 4.66. The van der Waals surface area contributed by atoms with Gasteiger partial charge in [0, 0.05) is 12.8 Å². The second-order valence-electron chi connectivity index (χ2n) is 5.29. The molecule has 0 saturated heterocycles. The van der Waals surface area contributed by atoms with Crippen molar-refractivity contribution in [3.05, 3.63) is 12.7 Å². The van der Waals surface area contributed by atoms with Gasteiger partial charge in [0.05, 0.1) is 0 Å². The Labute approximate surface area is 91.8 Å². The second-order valence-corrected chi connectivity index (χ2v) is 5.29. The number of hydrogen-bond donors (Lipinski definition) is 0. The molecular formula is C13H22F2. The average Bonchev–Trinajstić information content (AvgIpc) is 2.13. The second kappa shape index (κ2) is 4.23. The molecule has 1 aliphatic carbocycles. The van der Waals surface area contributed by atoms with Gasteiger partial charge in [0.25, 0.3) is 0 Å². The van der Waals surface area contributed by atoms with Crippen molar-refractivity contribution >= 4 is 0 Å². The highest BCUT2D eigenvalue weighted by atomic mass is 19.3. The van der Waals surface area contributed by atoms with Gasteiger partial charge in [-0.05, 0) is 23.7 Å². The standard InChI is InChI=1S/C13H22F2/c1-5-11(4)12(6-2)7-10(3)8-13(14,15)9-12/h6,10-11H,2,5,7-9H2,1,3-4H3/t10-,11?,12+/m1/s1. The molecule has 0 aliphatic heterocycles. The van der Waals surface area contributed by atoms with Gasteiger partial charge in [-0.2, -0.15) is 0 Å². The fraction of sp³-hybridized carbons (Fsp3) is 0.846. The molecule has 1 fully saturated rings. The average molecular weight is 216 g/mol. The molecule has 2 heteroatoms. The molecular weight excluding hydrogens is 194 g/mol. The summed E-state index contributed by atoms with van der Waals surface area (Å²) < 4.78 is 27.2. The van der Waals surface area contributed by atoms with E-state index in [-0.39, 0.29) is 24.2 Å². The van der Waals surface area contributed by atoms with Crippen molar-refractivity contribution in [3.8, 4) is 0 Å². The zero-order valence-electron chi connectivity index (χ0n) is 10.0. The summed E-state index contributed by atoms with van der Waals surface area (Å²) >= 11 is 0. The van der Waals surface area contributed by atoms with E-state index in [4.69, 9.17) is 0 Å². The summed E-state index contributed by atoms with van der Waals surface area (Å²) in [4.78, 5) is 0. The summed E-state index contributed by atoms with van der Waals surface area (Å²) in [6.45, 7) is 9.84. The molecule has 1 rings (SSSR count). The number of allylic oxidation sites excluding steroid dienone is 1. The molecule has 0 bridgehead atoms. The van der Waals surface area contributed by atoms with Crippen molar-refractivity contribution in [2.75, 3.05) is 0 Å². The quantitative estimate of drug-likeness (QED) is 0.602. The molecule has 0 radical (unpaired) electrons. The normalized spacial score (nSPS) is 37.3. The van der Waals surface area contributed by atoms with E-state index in [9.17, 15) is 8.78 Å². The minimum Gasteiger partial charge on any atom is -0.207 e. The minimum absolute atomic E-state index is 0.0111. The van der Waals surface area contributed by atoms with Gasteiger partial charge in [-0.3, -0.25) is 0 Å². The van der Waals surface area contributed by atoms with E-state index in [1.54, 1.807) is 6.08 Å². The van der Waals surface area contributed by atoms with Gasteiger partial charge in [0.15, 0.2) is 0 Å². The van der Waals surface area contributed by atoms with Crippen molar-refractivity contribution in [2.24, 2.45) is 17.3 Å². The maximum absolute atomic E-state index is 13.6. The van der Waals surface area contributed by atoms with Crippen molar-refractivity contribution in [1.82, 2.24) is 0 Å². The van der Waals surface area contributed by atoms with Gasteiger partial charge in [0.2, 0.25) is 5.92 Å². The summed E-state index contributed by atoms with van der Waals surface area (Å²) in [6, 6.07) is 0. The summed E-state index contributed by atoms with van der Waals surface area (Å²) in [6.07, 6.45) is 3.61. The molecule has 0 N–H and O–H groups in total. The first-order valence-corrected chi connectivity index (χ1v) is 5.86. The van der Waals surface area contributed by atoms with Crippen molar-refractivity contribution in [1.29, 1.82) is 0 Å². The van der Waals surface area contributed by atoms with Crippen LogP contribution in [0.4, 0.5) is 8.78 Å². The van der Waals surface area contributed by atoms with E-state index in [0.717, 1.165) is 12.8 Å². The Morgan fingerprint density at radius 1 is 1.47 bits per heavy atom. The van der Waals surface area contributed by atoms with Crippen LogP contribution in [0.3, 0.4) is 0 Å². The van der Waals surface area contributed by atoms with Crippen LogP contribution < -0.4 is 0 Å². The third kappa shape index (κ3) is 2.59. The number of alkyl halides is 2. The van der Waals surface area contributed by atoms with Crippen LogP contribution in [0.15, 0.2) is 12.7 Å². The topological polar surface area (TPSA) is 0 Å². The molecule has 1 unspecified atom stereocenters. The SMILES string of the molecule is C=C[C@]1(C(C)CC)C[C@@H](C)CC(F)(F)C1. The number of rotatable bonds is 3. The molecule has 0 heterocycles. The summed E-state index contributed by atoms with van der Waals surface area (Å²) in [5, 5.41) is 0. The lowest BCUT2D eigenvalue weighted by Gasteiger charge is -2.45. The Kier molecular flexibility index (Phi) is 3.57.